The Bertz CT molecular complexity index is 3300. The molecule has 0 aromatic carbocycles. The number of aliphatic carboxylic acids is 2. The fourth-order valence-electron chi connectivity index (χ4n) is 25.8. The maximum absolute atomic E-state index is 13.5. The Hall–Kier alpha value is -2.70. The molecule has 0 amide bonds. The molecule has 562 valence electrons. The van der Waals surface area contributed by atoms with Crippen LogP contribution in [0.15, 0.2) is 45.4 Å². The molecule has 8 aliphatic carbocycles. The van der Waals surface area contributed by atoms with Crippen LogP contribution in [0.2, 0.25) is 0 Å². The highest BCUT2D eigenvalue weighted by molar-refractivity contribution is 9.10. The Morgan fingerprint density at radius 3 is 1.43 bits per heavy atom. The summed E-state index contributed by atoms with van der Waals surface area (Å²) in [7, 11) is 5.97. The number of nitrogens with one attached hydrogen (secondary N) is 3. The highest BCUT2D eigenvalue weighted by atomic mass is 79.9. The van der Waals surface area contributed by atoms with Crippen LogP contribution in [-0.4, -0.2) is 169 Å². The number of carbonyl (C=O) groups is 2. The molecule has 2 aromatic heterocycles. The number of hydrogen-bond acceptors (Lipinski definition) is 15. The molecule has 22 atom stereocenters. The summed E-state index contributed by atoms with van der Waals surface area (Å²) < 4.78 is 48.9. The lowest BCUT2D eigenvalue weighted by Gasteiger charge is -2.71. The Morgan fingerprint density at radius 2 is 1.05 bits per heavy atom. The molecule has 6 saturated carbocycles. The van der Waals surface area contributed by atoms with Crippen molar-refractivity contribution in [3.8, 4) is 0 Å². The van der Waals surface area contributed by atoms with Gasteiger partial charge in [-0.25, -0.2) is 14.6 Å². The molecule has 0 spiro atoms. The van der Waals surface area contributed by atoms with Crippen LogP contribution in [0.25, 0.3) is 0 Å². The summed E-state index contributed by atoms with van der Waals surface area (Å²) in [5.74, 6) is 1.10. The standard InChI is InChI=1S/C39H61BrN4O5.C38H63NO6.C2H2BrN3/c1-24(2)25(3)34(4)13-14-36(6)26-9-10-29-35(5)20-48-22-39(29,27(26)11-12-37(36,7)30(34)32(45)46)19-28(44-33(40)42-23-43-44)31(35)49-21-38(41-8)15-17-47-18-16-38;1-24(2)25(3)33(4)14-15-35(6)26-10-11-29-34(5)21-44-23-38(29,27(26)12-13-36(35,7)30(33)32(40)41)20-28(42-9)31(34)45-22-37(39-8)16-18-43-19-17-37;3-2-4-1-5-6-2/h11,23-26,28-31,41H,9-10,12-22H2,1-8H3,(H,45,46);12,24-26,28-31,39H,10-11,13-23H2,1-9H3,(H,40,41);1H,(H,4,5,6)/t25-,26+,28-,29+,30-,31+,34-,35-,36-,37+,39+;25-,26+,28-,29+,30-,31+,33-,34-,35-,36+,38+;/m11./s1. The van der Waals surface area contributed by atoms with Crippen LogP contribution in [0, 0.1) is 113 Å². The predicted molar refractivity (Wildman–Crippen MR) is 392 cm³/mol. The predicted octanol–water partition coefficient (Wildman–Crippen LogP) is 14.6. The second-order valence-corrected chi connectivity index (χ2v) is 38.4. The number of fused-ring (bicyclic) bond motifs is 6. The summed E-state index contributed by atoms with van der Waals surface area (Å²) in [6.45, 7) is 39.7. The minimum atomic E-state index is -0.613. The van der Waals surface area contributed by atoms with Crippen LogP contribution in [0.3, 0.4) is 0 Å². The van der Waals surface area contributed by atoms with E-state index >= 15 is 0 Å². The van der Waals surface area contributed by atoms with Gasteiger partial charge in [0.1, 0.15) is 12.7 Å². The largest absolute Gasteiger partial charge is 0.481 e. The maximum atomic E-state index is 13.5. The first-order chi connectivity index (χ1) is 47.2. The molecule has 21 heteroatoms. The summed E-state index contributed by atoms with van der Waals surface area (Å²) in [5, 5.41) is 40.1. The number of nitrogens with zero attached hydrogens (tertiary/aromatic N) is 5. The van der Waals surface area contributed by atoms with Crippen molar-refractivity contribution in [2.45, 2.75) is 235 Å². The van der Waals surface area contributed by atoms with Crippen molar-refractivity contribution >= 4 is 43.8 Å². The van der Waals surface area contributed by atoms with E-state index in [9.17, 15) is 19.8 Å². The molecule has 4 saturated heterocycles. The molecule has 0 unspecified atom stereocenters. The van der Waals surface area contributed by atoms with E-state index in [2.05, 4.69) is 191 Å². The van der Waals surface area contributed by atoms with Gasteiger partial charge in [0.25, 0.3) is 0 Å². The van der Waals surface area contributed by atoms with Crippen LogP contribution in [0.1, 0.15) is 206 Å². The van der Waals surface area contributed by atoms with Gasteiger partial charge in [0.15, 0.2) is 9.47 Å². The molecule has 6 heterocycles. The lowest BCUT2D eigenvalue weighted by atomic mass is 9.34. The third kappa shape index (κ3) is 12.0. The second kappa shape index (κ2) is 28.1. The van der Waals surface area contributed by atoms with E-state index < -0.39 is 17.9 Å². The first-order valence-corrected chi connectivity index (χ1v) is 40.2. The smallest absolute Gasteiger partial charge is 0.307 e. The van der Waals surface area contributed by atoms with Gasteiger partial charge in [-0.15, -0.1) is 0 Å². The molecule has 0 radical (unpaired) electrons. The summed E-state index contributed by atoms with van der Waals surface area (Å²) in [6.07, 6.45) is 23.6. The Kier molecular flexibility index (Phi) is 21.6. The Morgan fingerprint density at radius 1 is 0.600 bits per heavy atom. The number of hydrogen-bond donors (Lipinski definition) is 5. The number of carboxylic acids is 2. The van der Waals surface area contributed by atoms with Crippen molar-refractivity contribution in [1.29, 1.82) is 0 Å². The van der Waals surface area contributed by atoms with Gasteiger partial charge in [0.05, 0.1) is 75.8 Å². The minimum absolute atomic E-state index is 0.0158. The quantitative estimate of drug-likeness (QED) is 0.0983. The van der Waals surface area contributed by atoms with Gasteiger partial charge >= 0.3 is 11.9 Å². The fourth-order valence-corrected chi connectivity index (χ4v) is 26.4. The number of halogens is 2. The molecule has 4 aliphatic heterocycles. The molecule has 4 bridgehead atoms. The monoisotopic (exact) mass is 1520 g/mol. The van der Waals surface area contributed by atoms with Gasteiger partial charge in [0.2, 0.25) is 0 Å². The summed E-state index contributed by atoms with van der Waals surface area (Å²) in [4.78, 5) is 35.0. The average Bonchev–Trinajstić information content (AvgIpc) is 0.786. The molecular weight excluding hydrogens is 1400 g/mol. The molecule has 10 fully saturated rings. The number of aromatic amines is 1. The lowest BCUT2D eigenvalue weighted by Crippen LogP contribution is -2.70. The molecule has 2 aromatic rings. The third-order valence-electron chi connectivity index (χ3n) is 32.7. The minimum Gasteiger partial charge on any atom is -0.481 e. The van der Waals surface area contributed by atoms with Gasteiger partial charge in [-0.05, 0) is 229 Å². The number of carboxylic acid groups (broad SMARTS) is 2. The Balaban J connectivity index is 0.000000175. The van der Waals surface area contributed by atoms with E-state index in [1.165, 1.54) is 11.9 Å². The van der Waals surface area contributed by atoms with Crippen LogP contribution in [-0.2, 0) is 42.7 Å². The number of rotatable bonds is 16. The summed E-state index contributed by atoms with van der Waals surface area (Å²) in [5.41, 5.74) is 0.926. The number of methoxy groups -OCH3 is 1. The zero-order chi connectivity index (χ0) is 72.2. The number of allylic oxidation sites excluding steroid dienone is 2. The van der Waals surface area contributed by atoms with Gasteiger partial charge in [-0.1, -0.05) is 120 Å². The second-order valence-electron chi connectivity index (χ2n) is 36.9. The van der Waals surface area contributed by atoms with Crippen molar-refractivity contribution in [3.63, 3.8) is 0 Å². The SMILES string of the molecule is Brc1ncn[nH]1.CNC1(CO[C@H]2[C@H](OC)C[C@@]34COC[C@]2(C)[C@@H]3CC[C@H]2C4=CC[C@@]3(C)[C@H](C(=O)O)[C@@](C)([C@H](C)C(C)C)CC[C@]23C)CCOCC1.CNC1(CO[C@H]2[C@H](n3ncnc3Br)C[C@@]34COC[C@]2(C)[C@@H]3CC[C@H]2C4=CC[C@@]3(C)[C@H](C(=O)O)[C@@](C)([C@H](C)C(C)C)CC[C@]23C)CCOCC1. The van der Waals surface area contributed by atoms with Crippen molar-refractivity contribution in [2.24, 2.45) is 113 Å². The lowest BCUT2D eigenvalue weighted by molar-refractivity contribution is -0.270. The van der Waals surface area contributed by atoms with Crippen molar-refractivity contribution < 1.29 is 53.0 Å². The van der Waals surface area contributed by atoms with E-state index in [1.807, 2.05) is 7.11 Å². The van der Waals surface area contributed by atoms with Crippen LogP contribution in [0.5, 0.6) is 0 Å². The van der Waals surface area contributed by atoms with E-state index in [4.69, 9.17) is 38.3 Å². The molecule has 100 heavy (non-hydrogen) atoms. The normalized spacial score (nSPS) is 44.2. The topological polar surface area (TPSA) is 236 Å². The summed E-state index contributed by atoms with van der Waals surface area (Å²) in [6, 6.07) is -0.0233. The maximum Gasteiger partial charge on any atom is 0.307 e. The molecule has 12 aliphatic rings. The number of H-pyrrole nitrogens is 1. The van der Waals surface area contributed by atoms with E-state index in [0.717, 1.165) is 141 Å². The molecule has 19 nitrogen and oxygen atoms in total. The fraction of sp³-hybridized carbons (Fsp3) is 0.873. The number of ether oxygens (including phenoxy) is 7. The number of aromatic nitrogens is 6. The van der Waals surface area contributed by atoms with Crippen LogP contribution in [0.4, 0.5) is 0 Å². The highest BCUT2D eigenvalue weighted by Crippen LogP contribution is 2.78. The first kappa shape index (κ1) is 76.9. The molecular formula is C79H126Br2N8O11. The van der Waals surface area contributed by atoms with Crippen LogP contribution >= 0.6 is 31.9 Å². The van der Waals surface area contributed by atoms with E-state index in [1.54, 1.807) is 11.9 Å². The Labute approximate surface area is 614 Å². The van der Waals surface area contributed by atoms with Gasteiger partial charge in [-0.3, -0.25) is 14.7 Å². The van der Waals surface area contributed by atoms with E-state index in [0.29, 0.717) is 85.1 Å². The first-order valence-electron chi connectivity index (χ1n) is 38.6. The van der Waals surface area contributed by atoms with Gasteiger partial charge in [0, 0.05) is 66.3 Å². The van der Waals surface area contributed by atoms with Crippen molar-refractivity contribution in [1.82, 2.24) is 40.6 Å². The molecule has 5 N–H and O–H groups in total. The molecule has 14 rings (SSSR count). The van der Waals surface area contributed by atoms with Gasteiger partial charge < -0.3 is 54.0 Å². The van der Waals surface area contributed by atoms with E-state index in [-0.39, 0.29) is 95.5 Å². The summed E-state index contributed by atoms with van der Waals surface area (Å²) >= 11 is 6.80. The highest BCUT2D eigenvalue weighted by Gasteiger charge is 2.75. The van der Waals surface area contributed by atoms with Crippen molar-refractivity contribution in [3.05, 3.63) is 45.4 Å². The van der Waals surface area contributed by atoms with Crippen LogP contribution < -0.4 is 10.6 Å². The van der Waals surface area contributed by atoms with Crippen molar-refractivity contribution in [2.75, 3.05) is 87.3 Å². The third-order valence-corrected chi connectivity index (χ3v) is 33.7. The zero-order valence-corrected chi connectivity index (χ0v) is 67.0. The zero-order valence-electron chi connectivity index (χ0n) is 63.8. The van der Waals surface area contributed by atoms with Gasteiger partial charge in [-0.2, -0.15) is 10.2 Å². The average molecular weight is 1520 g/mol. The number of likely N-dealkylation sites (N-methyl/N-ethyl adjacent to an activating group) is 2.